The molecule has 1 heterocycles. The van der Waals surface area contributed by atoms with Crippen molar-refractivity contribution in [3.05, 3.63) is 53.6 Å². The summed E-state index contributed by atoms with van der Waals surface area (Å²) >= 11 is 0. The van der Waals surface area contributed by atoms with Crippen molar-refractivity contribution in [1.82, 2.24) is 10.0 Å². The van der Waals surface area contributed by atoms with Gasteiger partial charge in [-0.25, -0.2) is 13.1 Å². The first-order valence-electron chi connectivity index (χ1n) is 9.11. The van der Waals surface area contributed by atoms with Gasteiger partial charge in [-0.1, -0.05) is 26.0 Å². The third-order valence-corrected chi connectivity index (χ3v) is 5.72. The Labute approximate surface area is 165 Å². The predicted molar refractivity (Wildman–Crippen MR) is 105 cm³/mol. The second-order valence-corrected chi connectivity index (χ2v) is 8.75. The standard InChI is InChI=1S/C20H24N2O5S/c1-14(2)8-9-21-20(23)16-4-3-5-17(11-16)28(24,25)22-12-15-6-7-18-19(10-15)27-13-26-18/h3-7,10-11,14,22H,8-9,12-13H2,1-2H3,(H,21,23). The van der Waals surface area contributed by atoms with Gasteiger partial charge in [0.05, 0.1) is 4.90 Å². The van der Waals surface area contributed by atoms with Crippen LogP contribution in [0.3, 0.4) is 0 Å². The molecule has 0 aromatic heterocycles. The average Bonchev–Trinajstić information content (AvgIpc) is 3.14. The number of nitrogens with one attached hydrogen (secondary N) is 2. The summed E-state index contributed by atoms with van der Waals surface area (Å²) in [4.78, 5) is 12.3. The Hall–Kier alpha value is -2.58. The normalized spacial score (nSPS) is 13.0. The van der Waals surface area contributed by atoms with E-state index in [0.717, 1.165) is 12.0 Å². The fourth-order valence-electron chi connectivity index (χ4n) is 2.69. The van der Waals surface area contributed by atoms with Crippen LogP contribution in [-0.2, 0) is 16.6 Å². The molecule has 150 valence electrons. The molecule has 2 aromatic rings. The zero-order chi connectivity index (χ0) is 20.1. The van der Waals surface area contributed by atoms with Gasteiger partial charge in [0.1, 0.15) is 0 Å². The molecule has 0 saturated heterocycles. The molecule has 1 aliphatic heterocycles. The van der Waals surface area contributed by atoms with Crippen LogP contribution in [0.25, 0.3) is 0 Å². The number of amides is 1. The minimum absolute atomic E-state index is 0.0461. The number of sulfonamides is 1. The first kappa shape index (κ1) is 20.2. The summed E-state index contributed by atoms with van der Waals surface area (Å²) in [6, 6.07) is 11.3. The molecule has 0 saturated carbocycles. The van der Waals surface area contributed by atoms with Gasteiger partial charge in [0.25, 0.3) is 5.91 Å². The van der Waals surface area contributed by atoms with Gasteiger partial charge in [-0.15, -0.1) is 0 Å². The van der Waals surface area contributed by atoms with Gasteiger partial charge in [0.2, 0.25) is 16.8 Å². The monoisotopic (exact) mass is 404 g/mol. The molecule has 0 spiro atoms. The Bertz CT molecular complexity index is 957. The molecule has 0 atom stereocenters. The SMILES string of the molecule is CC(C)CCNC(=O)c1cccc(S(=O)(=O)NCc2ccc3c(c2)OCO3)c1. The third-order valence-electron chi connectivity index (χ3n) is 4.32. The van der Waals surface area contributed by atoms with Gasteiger partial charge < -0.3 is 14.8 Å². The van der Waals surface area contributed by atoms with Crippen LogP contribution in [0.2, 0.25) is 0 Å². The summed E-state index contributed by atoms with van der Waals surface area (Å²) in [6.45, 7) is 4.96. The van der Waals surface area contributed by atoms with E-state index in [2.05, 4.69) is 23.9 Å². The Morgan fingerprint density at radius 1 is 1.11 bits per heavy atom. The highest BCUT2D eigenvalue weighted by atomic mass is 32.2. The highest BCUT2D eigenvalue weighted by molar-refractivity contribution is 7.89. The molecule has 8 heteroatoms. The van der Waals surface area contributed by atoms with Gasteiger partial charge in [0.15, 0.2) is 11.5 Å². The molecule has 0 fully saturated rings. The number of benzene rings is 2. The van der Waals surface area contributed by atoms with E-state index in [1.165, 1.54) is 12.1 Å². The summed E-state index contributed by atoms with van der Waals surface area (Å²) in [7, 11) is -3.76. The van der Waals surface area contributed by atoms with Crippen molar-refractivity contribution >= 4 is 15.9 Å². The summed E-state index contributed by atoms with van der Waals surface area (Å²) in [5.41, 5.74) is 1.06. The number of carbonyl (C=O) groups is 1. The Kier molecular flexibility index (Phi) is 6.21. The molecule has 1 aliphatic rings. The number of carbonyl (C=O) groups excluding carboxylic acids is 1. The molecule has 7 nitrogen and oxygen atoms in total. The van der Waals surface area contributed by atoms with Gasteiger partial charge in [0, 0.05) is 18.7 Å². The molecule has 1 amide bonds. The van der Waals surface area contributed by atoms with E-state index in [4.69, 9.17) is 9.47 Å². The molecule has 2 aromatic carbocycles. The lowest BCUT2D eigenvalue weighted by Gasteiger charge is -2.10. The first-order valence-corrected chi connectivity index (χ1v) is 10.6. The van der Waals surface area contributed by atoms with Gasteiger partial charge in [-0.05, 0) is 48.2 Å². The number of hydrogen-bond acceptors (Lipinski definition) is 5. The van der Waals surface area contributed by atoms with Crippen LogP contribution in [0.1, 0.15) is 36.2 Å². The minimum atomic E-state index is -3.76. The maximum Gasteiger partial charge on any atom is 0.251 e. The number of ether oxygens (including phenoxy) is 2. The first-order chi connectivity index (χ1) is 13.3. The van der Waals surface area contributed by atoms with Crippen LogP contribution in [-0.4, -0.2) is 27.7 Å². The number of hydrogen-bond donors (Lipinski definition) is 2. The third kappa shape index (κ3) is 5.02. The average molecular weight is 404 g/mol. The largest absolute Gasteiger partial charge is 0.454 e. The number of rotatable bonds is 8. The van der Waals surface area contributed by atoms with E-state index in [1.54, 1.807) is 30.3 Å². The molecular formula is C20H24N2O5S. The van der Waals surface area contributed by atoms with E-state index in [0.29, 0.717) is 29.5 Å². The highest BCUT2D eigenvalue weighted by Gasteiger charge is 2.18. The van der Waals surface area contributed by atoms with Crippen molar-refractivity contribution in [1.29, 1.82) is 0 Å². The maximum atomic E-state index is 12.6. The van der Waals surface area contributed by atoms with E-state index in [-0.39, 0.29) is 24.1 Å². The quantitative estimate of drug-likeness (QED) is 0.706. The molecular weight excluding hydrogens is 380 g/mol. The van der Waals surface area contributed by atoms with E-state index in [1.807, 2.05) is 0 Å². The van der Waals surface area contributed by atoms with Crippen molar-refractivity contribution in [3.63, 3.8) is 0 Å². The predicted octanol–water partition coefficient (Wildman–Crippen LogP) is 2.67. The van der Waals surface area contributed by atoms with Crippen LogP contribution in [0.4, 0.5) is 0 Å². The van der Waals surface area contributed by atoms with E-state index >= 15 is 0 Å². The van der Waals surface area contributed by atoms with E-state index < -0.39 is 10.0 Å². The lowest BCUT2D eigenvalue weighted by molar-refractivity contribution is 0.0951. The van der Waals surface area contributed by atoms with Gasteiger partial charge in [-0.3, -0.25) is 4.79 Å². The van der Waals surface area contributed by atoms with Gasteiger partial charge in [-0.2, -0.15) is 0 Å². The molecule has 28 heavy (non-hydrogen) atoms. The Morgan fingerprint density at radius 2 is 1.89 bits per heavy atom. The molecule has 3 rings (SSSR count). The van der Waals surface area contributed by atoms with Crippen molar-refractivity contribution < 1.29 is 22.7 Å². The minimum Gasteiger partial charge on any atom is -0.454 e. The summed E-state index contributed by atoms with van der Waals surface area (Å²) in [5.74, 6) is 1.43. The lowest BCUT2D eigenvalue weighted by Crippen LogP contribution is -2.26. The Balaban J connectivity index is 1.65. The van der Waals surface area contributed by atoms with Crippen molar-refractivity contribution in [2.45, 2.75) is 31.7 Å². The molecule has 0 aliphatic carbocycles. The lowest BCUT2D eigenvalue weighted by atomic mass is 10.1. The van der Waals surface area contributed by atoms with Crippen LogP contribution in [0.15, 0.2) is 47.4 Å². The zero-order valence-corrected chi connectivity index (χ0v) is 16.7. The van der Waals surface area contributed by atoms with E-state index in [9.17, 15) is 13.2 Å². The summed E-state index contributed by atoms with van der Waals surface area (Å²) in [5, 5.41) is 2.81. The van der Waals surface area contributed by atoms with Crippen molar-refractivity contribution in [2.24, 2.45) is 5.92 Å². The molecule has 0 unspecified atom stereocenters. The summed E-state index contributed by atoms with van der Waals surface area (Å²) in [6.07, 6.45) is 0.862. The topological polar surface area (TPSA) is 93.7 Å². The zero-order valence-electron chi connectivity index (χ0n) is 15.9. The van der Waals surface area contributed by atoms with Crippen LogP contribution in [0, 0.1) is 5.92 Å². The number of fused-ring (bicyclic) bond motifs is 1. The molecule has 0 radical (unpaired) electrons. The Morgan fingerprint density at radius 3 is 2.68 bits per heavy atom. The van der Waals surface area contributed by atoms with Crippen LogP contribution < -0.4 is 19.5 Å². The van der Waals surface area contributed by atoms with Crippen LogP contribution in [0.5, 0.6) is 11.5 Å². The highest BCUT2D eigenvalue weighted by Crippen LogP contribution is 2.32. The van der Waals surface area contributed by atoms with Crippen LogP contribution >= 0.6 is 0 Å². The summed E-state index contributed by atoms with van der Waals surface area (Å²) < 4.78 is 38.3. The molecule has 2 N–H and O–H groups in total. The second-order valence-electron chi connectivity index (χ2n) is 6.98. The molecule has 0 bridgehead atoms. The van der Waals surface area contributed by atoms with Gasteiger partial charge >= 0.3 is 0 Å². The fraction of sp³-hybridized carbons (Fsp3) is 0.350. The van der Waals surface area contributed by atoms with Crippen molar-refractivity contribution in [3.8, 4) is 11.5 Å². The maximum absolute atomic E-state index is 12.6. The van der Waals surface area contributed by atoms with Crippen molar-refractivity contribution in [2.75, 3.05) is 13.3 Å². The second kappa shape index (κ2) is 8.62. The smallest absolute Gasteiger partial charge is 0.251 e. The fourth-order valence-corrected chi connectivity index (χ4v) is 3.76.